The number of terminal acetylenes is 1. The molecule has 1 heterocycles. The Kier molecular flexibility index (Phi) is 5.50. The average molecular weight is 344 g/mol. The van der Waals surface area contributed by atoms with Gasteiger partial charge in [-0.15, -0.1) is 12.3 Å². The van der Waals surface area contributed by atoms with E-state index in [9.17, 15) is 4.79 Å². The second kappa shape index (κ2) is 8.17. The van der Waals surface area contributed by atoms with Crippen molar-refractivity contribution in [2.45, 2.75) is 19.4 Å². The number of rotatable bonds is 7. The number of methoxy groups -OCH3 is 1. The number of aryl methyl sites for hydroxylation is 1. The molecule has 0 saturated carbocycles. The highest BCUT2D eigenvalue weighted by Gasteiger charge is 2.15. The van der Waals surface area contributed by atoms with E-state index in [2.05, 4.69) is 10.9 Å². The van der Waals surface area contributed by atoms with Crippen LogP contribution in [0.1, 0.15) is 29.0 Å². The minimum atomic E-state index is -0.135. The van der Waals surface area contributed by atoms with E-state index in [1.54, 1.807) is 19.3 Å². The SMILES string of the molecule is C#CCCCn1c(C(=O)/C=C/c2cccc(OC)c2)nc2ccccc21. The number of allylic oxidation sites excluding steroid dienone is 1. The van der Waals surface area contributed by atoms with E-state index in [0.29, 0.717) is 18.8 Å². The number of hydrogen-bond donors (Lipinski definition) is 0. The zero-order valence-electron chi connectivity index (χ0n) is 14.7. The second-order valence-corrected chi connectivity index (χ2v) is 5.86. The lowest BCUT2D eigenvalue weighted by Crippen LogP contribution is -2.09. The number of carbonyl (C=O) groups excluding carboxylic acids is 1. The van der Waals surface area contributed by atoms with E-state index in [-0.39, 0.29) is 5.78 Å². The standard InChI is InChI=1S/C22H20N2O2/c1-3-4-7-15-24-20-12-6-5-11-19(20)23-22(24)21(25)14-13-17-9-8-10-18(16-17)26-2/h1,5-6,8-14,16H,4,7,15H2,2H3/b14-13+. The molecule has 0 aliphatic heterocycles. The van der Waals surface area contributed by atoms with E-state index >= 15 is 0 Å². The van der Waals surface area contributed by atoms with E-state index in [1.807, 2.05) is 53.1 Å². The van der Waals surface area contributed by atoms with Gasteiger partial charge in [0.05, 0.1) is 18.1 Å². The van der Waals surface area contributed by atoms with Crippen LogP contribution in [0.15, 0.2) is 54.6 Å². The molecule has 4 nitrogen and oxygen atoms in total. The lowest BCUT2D eigenvalue weighted by atomic mass is 10.2. The molecule has 0 N–H and O–H groups in total. The molecule has 0 unspecified atom stereocenters. The number of para-hydroxylation sites is 2. The third-order valence-corrected chi connectivity index (χ3v) is 4.10. The van der Waals surface area contributed by atoms with Crippen molar-refractivity contribution in [1.82, 2.24) is 9.55 Å². The average Bonchev–Trinajstić information content (AvgIpc) is 3.05. The Morgan fingerprint density at radius 1 is 1.27 bits per heavy atom. The first-order chi connectivity index (χ1) is 12.7. The smallest absolute Gasteiger partial charge is 0.221 e. The highest BCUT2D eigenvalue weighted by atomic mass is 16.5. The monoisotopic (exact) mass is 344 g/mol. The van der Waals surface area contributed by atoms with Gasteiger partial charge in [0.25, 0.3) is 0 Å². The molecule has 4 heteroatoms. The Morgan fingerprint density at radius 2 is 2.12 bits per heavy atom. The molecule has 0 radical (unpaired) electrons. The zero-order valence-corrected chi connectivity index (χ0v) is 14.7. The topological polar surface area (TPSA) is 44.1 Å². The molecular weight excluding hydrogens is 324 g/mol. The van der Waals surface area contributed by atoms with Gasteiger partial charge < -0.3 is 9.30 Å². The highest BCUT2D eigenvalue weighted by molar-refractivity contribution is 6.06. The van der Waals surface area contributed by atoms with Gasteiger partial charge in [0.1, 0.15) is 5.75 Å². The summed E-state index contributed by atoms with van der Waals surface area (Å²) in [7, 11) is 1.62. The number of unbranched alkanes of at least 4 members (excludes halogenated alkanes) is 1. The molecule has 0 amide bonds. The molecule has 0 atom stereocenters. The highest BCUT2D eigenvalue weighted by Crippen LogP contribution is 2.19. The van der Waals surface area contributed by atoms with Gasteiger partial charge in [-0.25, -0.2) is 4.98 Å². The Balaban J connectivity index is 1.90. The number of imidazole rings is 1. The van der Waals surface area contributed by atoms with Crippen molar-refractivity contribution in [2.75, 3.05) is 7.11 Å². The van der Waals surface area contributed by atoms with Crippen LogP contribution >= 0.6 is 0 Å². The fourth-order valence-corrected chi connectivity index (χ4v) is 2.82. The normalized spacial score (nSPS) is 10.9. The number of carbonyl (C=O) groups is 1. The molecular formula is C22H20N2O2. The van der Waals surface area contributed by atoms with E-state index in [4.69, 9.17) is 11.2 Å². The van der Waals surface area contributed by atoms with Crippen LogP contribution in [0, 0.1) is 12.3 Å². The lowest BCUT2D eigenvalue weighted by molar-refractivity contribution is 0.103. The first kappa shape index (κ1) is 17.5. The molecule has 0 saturated heterocycles. The van der Waals surface area contributed by atoms with Crippen LogP contribution in [-0.4, -0.2) is 22.4 Å². The van der Waals surface area contributed by atoms with Crippen LogP contribution in [0.2, 0.25) is 0 Å². The molecule has 0 bridgehead atoms. The van der Waals surface area contributed by atoms with Crippen LogP contribution in [0.5, 0.6) is 5.75 Å². The van der Waals surface area contributed by atoms with Crippen molar-refractivity contribution in [1.29, 1.82) is 0 Å². The summed E-state index contributed by atoms with van der Waals surface area (Å²) in [6.45, 7) is 0.665. The minimum Gasteiger partial charge on any atom is -0.497 e. The summed E-state index contributed by atoms with van der Waals surface area (Å²) in [5, 5.41) is 0. The Labute approximate surface area is 153 Å². The van der Waals surface area contributed by atoms with Gasteiger partial charge in [0.2, 0.25) is 5.78 Å². The molecule has 0 aliphatic carbocycles. The summed E-state index contributed by atoms with van der Waals surface area (Å²) in [5.41, 5.74) is 2.65. The van der Waals surface area contributed by atoms with E-state index in [1.165, 1.54) is 0 Å². The maximum atomic E-state index is 12.8. The number of ketones is 1. The maximum absolute atomic E-state index is 12.8. The quantitative estimate of drug-likeness (QED) is 0.277. The Morgan fingerprint density at radius 3 is 2.92 bits per heavy atom. The van der Waals surface area contributed by atoms with Gasteiger partial charge in [-0.3, -0.25) is 4.79 Å². The van der Waals surface area contributed by atoms with Gasteiger partial charge in [0, 0.05) is 13.0 Å². The molecule has 130 valence electrons. The summed E-state index contributed by atoms with van der Waals surface area (Å²) in [5.74, 6) is 3.69. The predicted octanol–water partition coefficient (Wildman–Crippen LogP) is 4.35. The van der Waals surface area contributed by atoms with Crippen molar-refractivity contribution < 1.29 is 9.53 Å². The summed E-state index contributed by atoms with van der Waals surface area (Å²) in [6, 6.07) is 15.3. The van der Waals surface area contributed by atoms with Crippen LogP contribution < -0.4 is 4.74 Å². The third-order valence-electron chi connectivity index (χ3n) is 4.10. The molecule has 3 aromatic rings. The third kappa shape index (κ3) is 3.84. The van der Waals surface area contributed by atoms with E-state index in [0.717, 1.165) is 28.8 Å². The number of fused-ring (bicyclic) bond motifs is 1. The number of hydrogen-bond acceptors (Lipinski definition) is 3. The molecule has 2 aromatic carbocycles. The number of aromatic nitrogens is 2. The Bertz CT molecular complexity index is 993. The van der Waals surface area contributed by atoms with Gasteiger partial charge >= 0.3 is 0 Å². The van der Waals surface area contributed by atoms with Crippen LogP contribution in [0.4, 0.5) is 0 Å². The fourth-order valence-electron chi connectivity index (χ4n) is 2.82. The fraction of sp³-hybridized carbons (Fsp3) is 0.182. The van der Waals surface area contributed by atoms with Gasteiger partial charge in [0.15, 0.2) is 5.82 Å². The predicted molar refractivity (Wildman–Crippen MR) is 104 cm³/mol. The van der Waals surface area contributed by atoms with Crippen molar-refractivity contribution in [3.8, 4) is 18.1 Å². The van der Waals surface area contributed by atoms with Crippen molar-refractivity contribution in [3.63, 3.8) is 0 Å². The summed E-state index contributed by atoms with van der Waals surface area (Å²) >= 11 is 0. The molecule has 0 aliphatic rings. The van der Waals surface area contributed by atoms with Crippen LogP contribution in [-0.2, 0) is 6.54 Å². The van der Waals surface area contributed by atoms with Crippen LogP contribution in [0.3, 0.4) is 0 Å². The van der Waals surface area contributed by atoms with Gasteiger partial charge in [-0.1, -0.05) is 30.3 Å². The largest absolute Gasteiger partial charge is 0.497 e. The molecule has 0 fully saturated rings. The van der Waals surface area contributed by atoms with Crippen molar-refractivity contribution in [2.24, 2.45) is 0 Å². The van der Waals surface area contributed by atoms with Gasteiger partial charge in [-0.2, -0.15) is 0 Å². The number of nitrogens with zero attached hydrogens (tertiary/aromatic N) is 2. The zero-order chi connectivity index (χ0) is 18.4. The van der Waals surface area contributed by atoms with Crippen molar-refractivity contribution >= 4 is 22.9 Å². The summed E-state index contributed by atoms with van der Waals surface area (Å²) < 4.78 is 7.16. The summed E-state index contributed by atoms with van der Waals surface area (Å²) in [4.78, 5) is 17.3. The van der Waals surface area contributed by atoms with Gasteiger partial charge in [-0.05, 0) is 42.3 Å². The first-order valence-electron chi connectivity index (χ1n) is 8.48. The van der Waals surface area contributed by atoms with Crippen LogP contribution in [0.25, 0.3) is 17.1 Å². The minimum absolute atomic E-state index is 0.135. The number of benzene rings is 2. The summed E-state index contributed by atoms with van der Waals surface area (Å²) in [6.07, 6.45) is 10.1. The Hall–Kier alpha value is -3.32. The molecule has 1 aromatic heterocycles. The molecule has 0 spiro atoms. The van der Waals surface area contributed by atoms with E-state index < -0.39 is 0 Å². The number of ether oxygens (including phenoxy) is 1. The second-order valence-electron chi connectivity index (χ2n) is 5.86. The molecule has 3 rings (SSSR count). The maximum Gasteiger partial charge on any atom is 0.221 e. The molecule has 26 heavy (non-hydrogen) atoms. The van der Waals surface area contributed by atoms with Crippen molar-refractivity contribution in [3.05, 3.63) is 66.0 Å². The first-order valence-corrected chi connectivity index (χ1v) is 8.48. The lowest BCUT2D eigenvalue weighted by Gasteiger charge is -2.06.